The Morgan fingerprint density at radius 1 is 1.27 bits per heavy atom. The Labute approximate surface area is 131 Å². The lowest BCUT2D eigenvalue weighted by atomic mass is 10.2. The topological polar surface area (TPSA) is 60.0 Å². The summed E-state index contributed by atoms with van der Waals surface area (Å²) in [5.41, 5.74) is 5.23. The van der Waals surface area contributed by atoms with Gasteiger partial charge in [0.1, 0.15) is 5.52 Å². The number of benzene rings is 1. The third kappa shape index (κ3) is 2.05. The third-order valence-electron chi connectivity index (χ3n) is 3.81. The molecule has 0 aliphatic carbocycles. The van der Waals surface area contributed by atoms with Crippen LogP contribution in [0.15, 0.2) is 24.4 Å². The second-order valence-corrected chi connectivity index (χ2v) is 6.62. The van der Waals surface area contributed by atoms with E-state index in [1.807, 2.05) is 19.2 Å². The van der Waals surface area contributed by atoms with Crippen LogP contribution in [0.2, 0.25) is 0 Å². The van der Waals surface area contributed by atoms with Gasteiger partial charge >= 0.3 is 0 Å². The molecule has 4 aromatic rings. The van der Waals surface area contributed by atoms with Crippen LogP contribution in [0.5, 0.6) is 0 Å². The summed E-state index contributed by atoms with van der Waals surface area (Å²) in [6.07, 6.45) is 2.14. The van der Waals surface area contributed by atoms with Gasteiger partial charge in [0, 0.05) is 23.8 Å². The van der Waals surface area contributed by atoms with Gasteiger partial charge < -0.3 is 5.32 Å². The van der Waals surface area contributed by atoms with Crippen molar-refractivity contribution in [1.29, 1.82) is 0 Å². The lowest BCUT2D eigenvalue weighted by Crippen LogP contribution is -2.03. The molecule has 1 aromatic carbocycles. The van der Waals surface area contributed by atoms with Crippen LogP contribution in [0, 0.1) is 13.8 Å². The molecule has 6 nitrogen and oxygen atoms in total. The molecule has 3 aromatic heterocycles. The predicted molar refractivity (Wildman–Crippen MR) is 88.4 cm³/mol. The first-order valence-corrected chi connectivity index (χ1v) is 7.91. The minimum Gasteiger partial charge on any atom is -0.379 e. The van der Waals surface area contributed by atoms with Gasteiger partial charge in [-0.3, -0.25) is 4.40 Å². The van der Waals surface area contributed by atoms with Crippen molar-refractivity contribution in [2.75, 3.05) is 5.32 Å². The molecule has 0 fully saturated rings. The van der Waals surface area contributed by atoms with Crippen molar-refractivity contribution in [2.45, 2.75) is 20.4 Å². The highest BCUT2D eigenvalue weighted by atomic mass is 32.1. The fraction of sp³-hybridized carbons (Fsp3) is 0.267. The molecule has 1 N–H and O–H groups in total. The number of thiazole rings is 1. The standard InChI is InChI=1S/C15H16N6S/c1-9-8-21-14(10(2)17-15(21)22-9)7-16-11-4-5-13-12(6-11)18-19-20(13)3/h4-6,8,16H,7H2,1-3H3. The van der Waals surface area contributed by atoms with Crippen molar-refractivity contribution in [2.24, 2.45) is 7.05 Å². The van der Waals surface area contributed by atoms with E-state index in [1.54, 1.807) is 16.0 Å². The number of hydrogen-bond acceptors (Lipinski definition) is 5. The van der Waals surface area contributed by atoms with E-state index in [9.17, 15) is 0 Å². The first kappa shape index (κ1) is 13.3. The highest BCUT2D eigenvalue weighted by Gasteiger charge is 2.11. The quantitative estimate of drug-likeness (QED) is 0.632. The van der Waals surface area contributed by atoms with Gasteiger partial charge in [0.25, 0.3) is 0 Å². The Balaban J connectivity index is 1.63. The molecule has 0 saturated carbocycles. The van der Waals surface area contributed by atoms with Gasteiger partial charge in [-0.2, -0.15) is 0 Å². The molecule has 22 heavy (non-hydrogen) atoms. The minimum absolute atomic E-state index is 0.731. The van der Waals surface area contributed by atoms with Gasteiger partial charge in [0.2, 0.25) is 0 Å². The van der Waals surface area contributed by atoms with E-state index >= 15 is 0 Å². The fourth-order valence-electron chi connectivity index (χ4n) is 2.66. The molecule has 0 spiro atoms. The van der Waals surface area contributed by atoms with Gasteiger partial charge in [0.15, 0.2) is 4.96 Å². The molecule has 0 aliphatic rings. The number of hydrogen-bond donors (Lipinski definition) is 1. The summed E-state index contributed by atoms with van der Waals surface area (Å²) in [6.45, 7) is 4.89. The monoisotopic (exact) mass is 312 g/mol. The molecule has 0 amide bonds. The summed E-state index contributed by atoms with van der Waals surface area (Å²) in [5, 5.41) is 11.6. The smallest absolute Gasteiger partial charge is 0.194 e. The first-order valence-electron chi connectivity index (χ1n) is 7.09. The van der Waals surface area contributed by atoms with Crippen molar-refractivity contribution in [3.8, 4) is 0 Å². The molecular formula is C15H16N6S. The molecule has 0 bridgehead atoms. The van der Waals surface area contributed by atoms with Crippen molar-refractivity contribution >= 4 is 33.0 Å². The van der Waals surface area contributed by atoms with Crippen molar-refractivity contribution < 1.29 is 0 Å². The van der Waals surface area contributed by atoms with E-state index in [0.717, 1.165) is 33.9 Å². The van der Waals surface area contributed by atoms with Gasteiger partial charge in [0.05, 0.1) is 23.4 Å². The van der Waals surface area contributed by atoms with Gasteiger partial charge in [-0.25, -0.2) is 9.67 Å². The summed E-state index contributed by atoms with van der Waals surface area (Å²) in [5.74, 6) is 0. The molecule has 0 saturated heterocycles. The van der Waals surface area contributed by atoms with Gasteiger partial charge in [-0.1, -0.05) is 5.21 Å². The molecule has 0 radical (unpaired) electrons. The van der Waals surface area contributed by atoms with Crippen LogP contribution < -0.4 is 5.32 Å². The Kier molecular flexibility index (Phi) is 2.90. The van der Waals surface area contributed by atoms with Crippen LogP contribution in [0.1, 0.15) is 16.3 Å². The van der Waals surface area contributed by atoms with E-state index in [0.29, 0.717) is 0 Å². The van der Waals surface area contributed by atoms with Crippen molar-refractivity contribution in [3.63, 3.8) is 0 Å². The van der Waals surface area contributed by atoms with E-state index in [1.165, 1.54) is 10.6 Å². The number of imidazole rings is 1. The Bertz CT molecular complexity index is 977. The Morgan fingerprint density at radius 3 is 3.00 bits per heavy atom. The number of anilines is 1. The molecule has 4 rings (SSSR count). The zero-order valence-electron chi connectivity index (χ0n) is 12.7. The zero-order valence-corrected chi connectivity index (χ0v) is 13.5. The molecule has 0 unspecified atom stereocenters. The fourth-order valence-corrected chi connectivity index (χ4v) is 3.55. The molecule has 112 valence electrons. The lowest BCUT2D eigenvalue weighted by molar-refractivity contribution is 0.736. The largest absolute Gasteiger partial charge is 0.379 e. The van der Waals surface area contributed by atoms with Crippen LogP contribution in [0.3, 0.4) is 0 Å². The zero-order chi connectivity index (χ0) is 15.3. The molecule has 7 heteroatoms. The summed E-state index contributed by atoms with van der Waals surface area (Å²) in [6, 6.07) is 6.11. The van der Waals surface area contributed by atoms with Crippen LogP contribution in [0.4, 0.5) is 5.69 Å². The van der Waals surface area contributed by atoms with Gasteiger partial charge in [-0.15, -0.1) is 16.4 Å². The van der Waals surface area contributed by atoms with Crippen molar-refractivity contribution in [1.82, 2.24) is 24.4 Å². The Morgan fingerprint density at radius 2 is 2.14 bits per heavy atom. The summed E-state index contributed by atoms with van der Waals surface area (Å²) < 4.78 is 3.95. The number of aryl methyl sites for hydroxylation is 3. The maximum Gasteiger partial charge on any atom is 0.194 e. The van der Waals surface area contributed by atoms with E-state index < -0.39 is 0 Å². The third-order valence-corrected chi connectivity index (χ3v) is 4.71. The summed E-state index contributed by atoms with van der Waals surface area (Å²) in [4.78, 5) is 6.94. The number of rotatable bonds is 3. The number of fused-ring (bicyclic) bond motifs is 2. The maximum absolute atomic E-state index is 4.62. The SMILES string of the molecule is Cc1cn2c(CNc3ccc4c(c3)nnn4C)c(C)nc2s1. The molecule has 0 aliphatic heterocycles. The second-order valence-electron chi connectivity index (χ2n) is 5.41. The first-order chi connectivity index (χ1) is 10.6. The number of aromatic nitrogens is 5. The molecule has 0 atom stereocenters. The van der Waals surface area contributed by atoms with E-state index in [4.69, 9.17) is 0 Å². The van der Waals surface area contributed by atoms with Crippen LogP contribution in [0.25, 0.3) is 16.0 Å². The summed E-state index contributed by atoms with van der Waals surface area (Å²) >= 11 is 1.72. The number of nitrogens with zero attached hydrogens (tertiary/aromatic N) is 5. The van der Waals surface area contributed by atoms with Crippen LogP contribution in [-0.2, 0) is 13.6 Å². The maximum atomic E-state index is 4.62. The Hall–Kier alpha value is -2.41. The lowest BCUT2D eigenvalue weighted by Gasteiger charge is -2.06. The van der Waals surface area contributed by atoms with Crippen LogP contribution in [-0.4, -0.2) is 24.4 Å². The highest BCUT2D eigenvalue weighted by Crippen LogP contribution is 2.22. The van der Waals surface area contributed by atoms with Crippen molar-refractivity contribution in [3.05, 3.63) is 40.7 Å². The molecular weight excluding hydrogens is 296 g/mol. The normalized spacial score (nSPS) is 11.6. The summed E-state index contributed by atoms with van der Waals surface area (Å²) in [7, 11) is 1.90. The van der Waals surface area contributed by atoms with E-state index in [-0.39, 0.29) is 0 Å². The van der Waals surface area contributed by atoms with E-state index in [2.05, 4.69) is 51.1 Å². The average Bonchev–Trinajstić information content (AvgIpc) is 3.10. The predicted octanol–water partition coefficient (Wildman–Crippen LogP) is 2.91. The molecule has 3 heterocycles. The average molecular weight is 312 g/mol. The minimum atomic E-state index is 0.731. The number of nitrogens with one attached hydrogen (secondary N) is 1. The van der Waals surface area contributed by atoms with Gasteiger partial charge in [-0.05, 0) is 32.0 Å². The second kappa shape index (κ2) is 4.81. The highest BCUT2D eigenvalue weighted by molar-refractivity contribution is 7.17. The van der Waals surface area contributed by atoms with Crippen LogP contribution >= 0.6 is 11.3 Å².